The van der Waals surface area contributed by atoms with E-state index in [2.05, 4.69) is 0 Å². The fraction of sp³-hybridized carbons (Fsp3) is 0.333. The van der Waals surface area contributed by atoms with Crippen LogP contribution in [0.5, 0.6) is 0 Å². The monoisotopic (exact) mass is 368 g/mol. The molecule has 0 bridgehead atoms. The van der Waals surface area contributed by atoms with E-state index in [4.69, 9.17) is 4.42 Å². The molecule has 0 aliphatic carbocycles. The first-order chi connectivity index (χ1) is 12.9. The Labute approximate surface area is 158 Å². The van der Waals surface area contributed by atoms with Gasteiger partial charge in [0.2, 0.25) is 5.78 Å². The molecule has 0 saturated carbocycles. The Morgan fingerprint density at radius 1 is 1.22 bits per heavy atom. The molecule has 27 heavy (non-hydrogen) atoms. The fourth-order valence-electron chi connectivity index (χ4n) is 3.31. The number of benzene rings is 1. The average Bonchev–Trinajstić information content (AvgIpc) is 3.25. The minimum atomic E-state index is -0.627. The highest BCUT2D eigenvalue weighted by molar-refractivity contribution is 6.14. The summed E-state index contributed by atoms with van der Waals surface area (Å²) in [6, 6.07) is 10.2. The van der Waals surface area contributed by atoms with Crippen molar-refractivity contribution >= 4 is 11.7 Å². The van der Waals surface area contributed by atoms with Crippen LogP contribution in [0.2, 0.25) is 0 Å². The highest BCUT2D eigenvalue weighted by Crippen LogP contribution is 2.39. The van der Waals surface area contributed by atoms with E-state index < -0.39 is 23.5 Å². The predicted molar refractivity (Wildman–Crippen MR) is 101 cm³/mol. The zero-order valence-electron chi connectivity index (χ0n) is 15.8. The molecular formula is C21H24N2O4. The number of aryl methyl sites for hydroxylation is 1. The number of furan rings is 1. The van der Waals surface area contributed by atoms with Gasteiger partial charge in [-0.2, -0.15) is 0 Å². The van der Waals surface area contributed by atoms with Crippen molar-refractivity contribution in [3.05, 3.63) is 70.9 Å². The fourth-order valence-corrected chi connectivity index (χ4v) is 3.31. The third-order valence-electron chi connectivity index (χ3n) is 4.69. The number of carbonyl (C=O) groups excluding carboxylic acids is 2. The van der Waals surface area contributed by atoms with Gasteiger partial charge in [0, 0.05) is 6.54 Å². The Morgan fingerprint density at radius 2 is 1.93 bits per heavy atom. The van der Waals surface area contributed by atoms with Gasteiger partial charge < -0.3 is 19.3 Å². The summed E-state index contributed by atoms with van der Waals surface area (Å²) < 4.78 is 5.21. The number of hydrogen-bond acceptors (Lipinski definition) is 5. The Bertz CT molecular complexity index is 851. The second kappa shape index (κ2) is 7.80. The summed E-state index contributed by atoms with van der Waals surface area (Å²) >= 11 is 0. The molecule has 1 aromatic carbocycles. The molecule has 3 rings (SSSR count). The van der Waals surface area contributed by atoms with Gasteiger partial charge in [0.15, 0.2) is 11.5 Å². The lowest BCUT2D eigenvalue weighted by Crippen LogP contribution is -2.33. The molecule has 1 aromatic heterocycles. The average molecular weight is 368 g/mol. The number of amides is 1. The highest BCUT2D eigenvalue weighted by Gasteiger charge is 2.44. The second-order valence-electron chi connectivity index (χ2n) is 7.04. The van der Waals surface area contributed by atoms with E-state index in [0.29, 0.717) is 6.54 Å². The van der Waals surface area contributed by atoms with Crippen LogP contribution >= 0.6 is 0 Å². The van der Waals surface area contributed by atoms with Crippen molar-refractivity contribution in [1.82, 2.24) is 9.80 Å². The summed E-state index contributed by atoms with van der Waals surface area (Å²) in [5.74, 6) is -1.37. The molecular weight excluding hydrogens is 344 g/mol. The van der Waals surface area contributed by atoms with E-state index in [-0.39, 0.29) is 11.3 Å². The van der Waals surface area contributed by atoms with Crippen LogP contribution < -0.4 is 0 Å². The normalized spacial score (nSPS) is 17.3. The van der Waals surface area contributed by atoms with Crippen molar-refractivity contribution in [3.8, 4) is 0 Å². The number of aliphatic hydroxyl groups excluding tert-OH is 1. The van der Waals surface area contributed by atoms with Crippen LogP contribution in [0.15, 0.2) is 58.4 Å². The Morgan fingerprint density at radius 3 is 2.52 bits per heavy atom. The van der Waals surface area contributed by atoms with E-state index in [1.165, 1.54) is 12.3 Å². The molecule has 6 heteroatoms. The standard InChI is InChI=1S/C21H24N2O4/c1-14-7-9-15(10-8-14)18-17(19(24)16-6-4-13-27-16)20(25)21(26)23(18)12-5-11-22(2)3/h4,6-10,13,18,25H,5,11-12H2,1-3H3/t18-/m1/s1. The number of hydrogen-bond donors (Lipinski definition) is 1. The number of nitrogens with zero attached hydrogens (tertiary/aromatic N) is 2. The molecule has 0 fully saturated rings. The van der Waals surface area contributed by atoms with Crippen molar-refractivity contribution < 1.29 is 19.1 Å². The van der Waals surface area contributed by atoms with Gasteiger partial charge in [-0.15, -0.1) is 0 Å². The summed E-state index contributed by atoms with van der Waals surface area (Å²) in [6.45, 7) is 3.21. The summed E-state index contributed by atoms with van der Waals surface area (Å²) in [6.07, 6.45) is 2.13. The molecule has 1 N–H and O–H groups in total. The van der Waals surface area contributed by atoms with Gasteiger partial charge in [-0.25, -0.2) is 0 Å². The Balaban J connectivity index is 1.99. The summed E-state index contributed by atoms with van der Waals surface area (Å²) in [4.78, 5) is 29.3. The lowest BCUT2D eigenvalue weighted by molar-refractivity contribution is -0.129. The number of ketones is 1. The van der Waals surface area contributed by atoms with Gasteiger partial charge in [0.05, 0.1) is 17.9 Å². The number of rotatable bonds is 7. The molecule has 0 spiro atoms. The maximum Gasteiger partial charge on any atom is 0.290 e. The van der Waals surface area contributed by atoms with Crippen LogP contribution in [-0.2, 0) is 4.79 Å². The topological polar surface area (TPSA) is 74.0 Å². The first kappa shape index (κ1) is 18.9. The minimum absolute atomic E-state index is 0.0728. The Hall–Kier alpha value is -2.86. The molecule has 142 valence electrons. The smallest absolute Gasteiger partial charge is 0.290 e. The van der Waals surface area contributed by atoms with E-state index in [1.54, 1.807) is 11.0 Å². The molecule has 0 radical (unpaired) electrons. The van der Waals surface area contributed by atoms with E-state index in [9.17, 15) is 14.7 Å². The van der Waals surface area contributed by atoms with E-state index in [1.807, 2.05) is 50.2 Å². The van der Waals surface area contributed by atoms with Crippen LogP contribution in [-0.4, -0.2) is 53.8 Å². The van der Waals surface area contributed by atoms with Crippen molar-refractivity contribution in [3.63, 3.8) is 0 Å². The van der Waals surface area contributed by atoms with Crippen LogP contribution in [0, 0.1) is 6.92 Å². The molecule has 2 aromatic rings. The van der Waals surface area contributed by atoms with E-state index in [0.717, 1.165) is 24.1 Å². The maximum atomic E-state index is 12.9. The zero-order valence-corrected chi connectivity index (χ0v) is 15.8. The predicted octanol–water partition coefficient (Wildman–Crippen LogP) is 3.12. The van der Waals surface area contributed by atoms with Gasteiger partial charge in [0.1, 0.15) is 0 Å². The van der Waals surface area contributed by atoms with Crippen LogP contribution in [0.1, 0.15) is 34.1 Å². The van der Waals surface area contributed by atoms with Gasteiger partial charge in [-0.1, -0.05) is 29.8 Å². The second-order valence-corrected chi connectivity index (χ2v) is 7.04. The SMILES string of the molecule is Cc1ccc([C@@H]2C(C(=O)c3ccco3)=C(O)C(=O)N2CCCN(C)C)cc1. The molecule has 0 unspecified atom stereocenters. The Kier molecular flexibility index (Phi) is 5.46. The van der Waals surface area contributed by atoms with Crippen LogP contribution in [0.4, 0.5) is 0 Å². The molecule has 1 aliphatic rings. The lowest BCUT2D eigenvalue weighted by Gasteiger charge is -2.27. The molecule has 2 heterocycles. The summed E-state index contributed by atoms with van der Waals surface area (Å²) in [5, 5.41) is 10.5. The van der Waals surface area contributed by atoms with E-state index >= 15 is 0 Å². The van der Waals surface area contributed by atoms with Gasteiger partial charge in [0.25, 0.3) is 5.91 Å². The zero-order chi connectivity index (χ0) is 19.6. The first-order valence-corrected chi connectivity index (χ1v) is 8.93. The van der Waals surface area contributed by atoms with Crippen molar-refractivity contribution in [1.29, 1.82) is 0 Å². The van der Waals surface area contributed by atoms with Crippen molar-refractivity contribution in [2.24, 2.45) is 0 Å². The van der Waals surface area contributed by atoms with Gasteiger partial charge in [-0.05, 0) is 51.7 Å². The molecule has 1 aliphatic heterocycles. The number of Topliss-reactive ketones (excluding diaryl/α,β-unsaturated/α-hetero) is 1. The molecule has 6 nitrogen and oxygen atoms in total. The minimum Gasteiger partial charge on any atom is -0.503 e. The quantitative estimate of drug-likeness (QED) is 0.760. The lowest BCUT2D eigenvalue weighted by atomic mass is 9.94. The molecule has 1 atom stereocenters. The number of carbonyl (C=O) groups is 2. The van der Waals surface area contributed by atoms with Gasteiger partial charge >= 0.3 is 0 Å². The van der Waals surface area contributed by atoms with Gasteiger partial charge in [-0.3, -0.25) is 9.59 Å². The third-order valence-corrected chi connectivity index (χ3v) is 4.69. The molecule has 0 saturated heterocycles. The highest BCUT2D eigenvalue weighted by atomic mass is 16.3. The largest absolute Gasteiger partial charge is 0.503 e. The van der Waals surface area contributed by atoms with Crippen LogP contribution in [0.3, 0.4) is 0 Å². The summed E-state index contributed by atoms with van der Waals surface area (Å²) in [5.41, 5.74) is 1.94. The molecule has 1 amide bonds. The third kappa shape index (κ3) is 3.80. The van der Waals surface area contributed by atoms with Crippen molar-refractivity contribution in [2.75, 3.05) is 27.2 Å². The number of aliphatic hydroxyl groups is 1. The first-order valence-electron chi connectivity index (χ1n) is 8.93. The van der Waals surface area contributed by atoms with Crippen LogP contribution in [0.25, 0.3) is 0 Å². The maximum absolute atomic E-state index is 12.9. The van der Waals surface area contributed by atoms with Crippen molar-refractivity contribution in [2.45, 2.75) is 19.4 Å². The summed E-state index contributed by atoms with van der Waals surface area (Å²) in [7, 11) is 3.93.